The molecule has 5 rings (SSSR count). The van der Waals surface area contributed by atoms with Crippen molar-refractivity contribution in [2.45, 2.75) is 65.3 Å². The lowest BCUT2D eigenvalue weighted by Gasteiger charge is -2.33. The Hall–Kier alpha value is -4.51. The molecule has 0 radical (unpaired) electrons. The van der Waals surface area contributed by atoms with E-state index in [1.807, 2.05) is 45.0 Å². The second-order valence-corrected chi connectivity index (χ2v) is 16.3. The van der Waals surface area contributed by atoms with E-state index in [1.165, 1.54) is 24.3 Å². The zero-order chi connectivity index (χ0) is 35.6. The number of hydrogen-bond donors (Lipinski definition) is 4. The highest BCUT2D eigenvalue weighted by atomic mass is 32.2. The number of halogens is 2. The van der Waals surface area contributed by atoms with Crippen LogP contribution in [-0.2, 0) is 33.0 Å². The predicted octanol–water partition coefficient (Wildman–Crippen LogP) is 8.06. The van der Waals surface area contributed by atoms with Crippen molar-refractivity contribution in [3.8, 4) is 11.5 Å². The van der Waals surface area contributed by atoms with Gasteiger partial charge in [-0.2, -0.15) is 0 Å². The average Bonchev–Trinajstić information content (AvgIpc) is 3.48. The minimum Gasteiger partial charge on any atom is -0.481 e. The smallest absolute Gasteiger partial charge is 0.306 e. The molecule has 2 atom stereocenters. The number of ether oxygens (including phenoxy) is 1. The van der Waals surface area contributed by atoms with Crippen molar-refractivity contribution in [3.63, 3.8) is 0 Å². The fourth-order valence-electron chi connectivity index (χ4n) is 6.57. The second kappa shape index (κ2) is 14.2. The van der Waals surface area contributed by atoms with E-state index in [-0.39, 0.29) is 40.7 Å². The summed E-state index contributed by atoms with van der Waals surface area (Å²) in [4.78, 5) is 14.5. The van der Waals surface area contributed by atoms with E-state index in [0.29, 0.717) is 42.1 Å². The molecule has 2 bridgehead atoms. The first-order chi connectivity index (χ1) is 23.1. The van der Waals surface area contributed by atoms with Crippen LogP contribution in [0.1, 0.15) is 69.2 Å². The molecule has 11 heteroatoms. The van der Waals surface area contributed by atoms with Crippen molar-refractivity contribution in [2.24, 2.45) is 11.3 Å². The molecule has 49 heavy (non-hydrogen) atoms. The molecule has 0 amide bonds. The highest BCUT2D eigenvalue weighted by molar-refractivity contribution is 7.91. The largest absolute Gasteiger partial charge is 0.481 e. The Morgan fingerprint density at radius 3 is 2.59 bits per heavy atom. The summed E-state index contributed by atoms with van der Waals surface area (Å²) in [6.07, 6.45) is 6.86. The fourth-order valence-corrected chi connectivity index (χ4v) is 8.57. The van der Waals surface area contributed by atoms with Gasteiger partial charge in [0.25, 0.3) is 0 Å². The molecule has 0 fully saturated rings. The molecule has 260 valence electrons. The standard InChI is InChI=1S/C38H43F2N3O5S/c1-24(36(44)45)19-25-7-5-8-26(20-25)38(4)15-6-14-37(2,3)23-49(46,47)18-13-29-28-11-16-42-34(28)22-32(40)35(29)48-27-9-10-31(39)30(21-27)33(41)12-17-43-38/h5,7-12,16-17,20-22,24,41-43H,6,13-15,18-19,23H2,1-4H3,(H,44,45)/b17-12-,41-33?/t24-,38?/m1/s1. The molecule has 4 N–H and O–H groups in total. The van der Waals surface area contributed by atoms with Crippen LogP contribution in [0.25, 0.3) is 10.9 Å². The third-order valence-electron chi connectivity index (χ3n) is 9.30. The summed E-state index contributed by atoms with van der Waals surface area (Å²) in [5.74, 6) is -3.14. The summed E-state index contributed by atoms with van der Waals surface area (Å²) < 4.78 is 63.7. The van der Waals surface area contributed by atoms with Crippen LogP contribution in [0.15, 0.2) is 73.1 Å². The quantitative estimate of drug-likeness (QED) is 0.171. The van der Waals surface area contributed by atoms with Crippen LogP contribution in [0.2, 0.25) is 0 Å². The summed E-state index contributed by atoms with van der Waals surface area (Å²) in [5, 5.41) is 22.2. The number of allylic oxidation sites excluding steroid dienone is 1. The van der Waals surface area contributed by atoms with E-state index in [2.05, 4.69) is 10.3 Å². The van der Waals surface area contributed by atoms with Gasteiger partial charge < -0.3 is 25.6 Å². The van der Waals surface area contributed by atoms with Crippen molar-refractivity contribution >= 4 is 32.4 Å². The first kappa shape index (κ1) is 35.8. The minimum atomic E-state index is -3.59. The summed E-state index contributed by atoms with van der Waals surface area (Å²) in [7, 11) is -3.59. The molecule has 1 aromatic heterocycles. The number of aliphatic carboxylic acids is 1. The topological polar surface area (TPSA) is 132 Å². The number of carbonyl (C=O) groups is 1. The van der Waals surface area contributed by atoms with E-state index in [1.54, 1.807) is 25.4 Å². The normalized spacial score (nSPS) is 21.2. The molecule has 0 saturated carbocycles. The average molecular weight is 692 g/mol. The van der Waals surface area contributed by atoms with Crippen molar-refractivity contribution < 1.29 is 31.8 Å². The SMILES string of the molecule is C[C@H](Cc1cccc(C2(C)CCCC(C)(C)CS(=O)(=O)CCc3c(c(F)cc4[nH]ccc34)Oc3ccc(F)c(c3)C(=N)/C=C\N2)c1)C(=O)O. The Labute approximate surface area is 286 Å². The lowest BCUT2D eigenvalue weighted by Crippen LogP contribution is -2.37. The summed E-state index contributed by atoms with van der Waals surface area (Å²) in [6, 6.07) is 14.5. The molecule has 1 unspecified atom stereocenters. The van der Waals surface area contributed by atoms with Crippen molar-refractivity contribution in [1.82, 2.24) is 10.3 Å². The van der Waals surface area contributed by atoms with Gasteiger partial charge in [-0.1, -0.05) is 51.5 Å². The number of carboxylic acid groups (broad SMARTS) is 1. The molecule has 8 nitrogen and oxygen atoms in total. The number of carboxylic acids is 1. The van der Waals surface area contributed by atoms with Crippen LogP contribution in [0.5, 0.6) is 11.5 Å². The van der Waals surface area contributed by atoms with E-state index in [4.69, 9.17) is 10.1 Å². The summed E-state index contributed by atoms with van der Waals surface area (Å²) in [5.41, 5.74) is 1.18. The number of aromatic amines is 1. The first-order valence-corrected chi connectivity index (χ1v) is 18.2. The van der Waals surface area contributed by atoms with Gasteiger partial charge >= 0.3 is 5.97 Å². The van der Waals surface area contributed by atoms with E-state index in [0.717, 1.165) is 17.2 Å². The van der Waals surface area contributed by atoms with Crippen LogP contribution < -0.4 is 10.1 Å². The number of nitrogens with one attached hydrogen (secondary N) is 3. The second-order valence-electron chi connectivity index (χ2n) is 14.1. The van der Waals surface area contributed by atoms with Gasteiger partial charge in [0.15, 0.2) is 21.4 Å². The first-order valence-electron chi connectivity index (χ1n) is 16.4. The van der Waals surface area contributed by atoms with Crippen molar-refractivity contribution in [2.75, 3.05) is 11.5 Å². The number of aromatic nitrogens is 1. The molecule has 0 saturated heterocycles. The van der Waals surface area contributed by atoms with Crippen LogP contribution in [-0.4, -0.2) is 41.7 Å². The fraction of sp³-hybridized carbons (Fsp3) is 0.368. The van der Waals surface area contributed by atoms with Crippen molar-refractivity contribution in [3.05, 3.63) is 107 Å². The third kappa shape index (κ3) is 8.57. The van der Waals surface area contributed by atoms with Gasteiger partial charge in [0.2, 0.25) is 0 Å². The molecule has 1 aliphatic heterocycles. The summed E-state index contributed by atoms with van der Waals surface area (Å²) in [6.45, 7) is 7.51. The lowest BCUT2D eigenvalue weighted by molar-refractivity contribution is -0.141. The predicted molar refractivity (Wildman–Crippen MR) is 188 cm³/mol. The highest BCUT2D eigenvalue weighted by Gasteiger charge is 2.31. The van der Waals surface area contributed by atoms with Gasteiger partial charge in [0.1, 0.15) is 11.6 Å². The maximum absolute atomic E-state index is 15.5. The van der Waals surface area contributed by atoms with Crippen molar-refractivity contribution in [1.29, 1.82) is 5.41 Å². The third-order valence-corrected chi connectivity index (χ3v) is 11.3. The Bertz CT molecular complexity index is 2020. The number of rotatable bonds is 4. The molecular weight excluding hydrogens is 648 g/mol. The molecular formula is C38H43F2N3O5S. The Balaban J connectivity index is 1.54. The van der Waals surface area contributed by atoms with Crippen LogP contribution in [0.3, 0.4) is 0 Å². The number of fused-ring (bicyclic) bond motifs is 5. The summed E-state index contributed by atoms with van der Waals surface area (Å²) >= 11 is 0. The van der Waals surface area contributed by atoms with Crippen LogP contribution in [0, 0.1) is 28.4 Å². The van der Waals surface area contributed by atoms with Crippen LogP contribution in [0.4, 0.5) is 8.78 Å². The monoisotopic (exact) mass is 691 g/mol. The number of hydrogen-bond acceptors (Lipinski definition) is 6. The molecule has 0 aliphatic carbocycles. The maximum atomic E-state index is 15.5. The Morgan fingerprint density at radius 2 is 1.84 bits per heavy atom. The Kier molecular flexibility index (Phi) is 10.3. The van der Waals surface area contributed by atoms with Gasteiger partial charge in [0, 0.05) is 34.3 Å². The number of aryl methyl sites for hydroxylation is 1. The van der Waals surface area contributed by atoms with E-state index in [9.17, 15) is 18.3 Å². The number of benzene rings is 3. The zero-order valence-electron chi connectivity index (χ0n) is 28.2. The van der Waals surface area contributed by atoms with Gasteiger partial charge in [-0.25, -0.2) is 17.2 Å². The van der Waals surface area contributed by atoms with E-state index >= 15 is 8.78 Å². The molecule has 3 aromatic carbocycles. The Morgan fingerprint density at radius 1 is 1.06 bits per heavy atom. The maximum Gasteiger partial charge on any atom is 0.306 e. The molecule has 0 spiro atoms. The molecule has 2 heterocycles. The molecule has 1 aliphatic rings. The zero-order valence-corrected chi connectivity index (χ0v) is 29.0. The number of sulfone groups is 1. The van der Waals surface area contributed by atoms with Gasteiger partial charge in [-0.15, -0.1) is 0 Å². The molecule has 4 aromatic rings. The number of H-pyrrole nitrogens is 1. The van der Waals surface area contributed by atoms with Gasteiger partial charge in [0.05, 0.1) is 28.7 Å². The lowest BCUT2D eigenvalue weighted by atomic mass is 9.81. The van der Waals surface area contributed by atoms with Gasteiger partial charge in [-0.05, 0) is 85.7 Å². The highest BCUT2D eigenvalue weighted by Crippen LogP contribution is 2.37. The van der Waals surface area contributed by atoms with E-state index < -0.39 is 44.3 Å². The van der Waals surface area contributed by atoms with Crippen LogP contribution >= 0.6 is 0 Å². The van der Waals surface area contributed by atoms with Gasteiger partial charge in [-0.3, -0.25) is 4.79 Å². The minimum absolute atomic E-state index is 0.00525.